The largest absolute Gasteiger partial charge is 0.256 e. The van der Waals surface area contributed by atoms with Crippen LogP contribution < -0.4 is 0 Å². The van der Waals surface area contributed by atoms with Gasteiger partial charge in [0, 0.05) is 17.1 Å². The van der Waals surface area contributed by atoms with Crippen molar-refractivity contribution in [3.8, 4) is 11.3 Å². The molecule has 194 valence electrons. The lowest BCUT2D eigenvalue weighted by molar-refractivity contribution is 1.34. The fourth-order valence-corrected chi connectivity index (χ4v) is 8.04. The predicted octanol–water partition coefficient (Wildman–Crippen LogP) is 11.5. The van der Waals surface area contributed by atoms with Gasteiger partial charge in [0.25, 0.3) is 0 Å². The molecule has 0 fully saturated rings. The van der Waals surface area contributed by atoms with Gasteiger partial charge in [0.05, 0.1) is 5.69 Å². The Balaban J connectivity index is 1.57. The van der Waals surface area contributed by atoms with Crippen LogP contribution in [0, 0.1) is 13.8 Å². The van der Waals surface area contributed by atoms with E-state index in [0.717, 1.165) is 5.69 Å². The average molecular weight is 532 g/mol. The van der Waals surface area contributed by atoms with Gasteiger partial charge in [0.1, 0.15) is 0 Å². The van der Waals surface area contributed by atoms with Crippen molar-refractivity contribution in [2.75, 3.05) is 0 Å². The summed E-state index contributed by atoms with van der Waals surface area (Å²) < 4.78 is 0. The van der Waals surface area contributed by atoms with Crippen molar-refractivity contribution >= 4 is 86.2 Å². The minimum Gasteiger partial charge on any atom is -0.256 e. The quantitative estimate of drug-likeness (QED) is 0.152. The number of aryl methyl sites for hydroxylation is 2. The third-order valence-electron chi connectivity index (χ3n) is 9.57. The Morgan fingerprint density at radius 1 is 0.381 bits per heavy atom. The molecule has 42 heavy (non-hydrogen) atoms. The zero-order valence-electron chi connectivity index (χ0n) is 23.4. The molecule has 10 rings (SSSR count). The van der Waals surface area contributed by atoms with E-state index in [1.54, 1.807) is 0 Å². The molecule has 0 bridgehead atoms. The lowest BCUT2D eigenvalue weighted by Crippen LogP contribution is -1.89. The second-order valence-electron chi connectivity index (χ2n) is 12.1. The maximum atomic E-state index is 4.97. The number of hydrogen-bond acceptors (Lipinski definition) is 1. The van der Waals surface area contributed by atoms with Gasteiger partial charge in [-0.15, -0.1) is 0 Å². The van der Waals surface area contributed by atoms with Gasteiger partial charge >= 0.3 is 0 Å². The van der Waals surface area contributed by atoms with Gasteiger partial charge in [-0.25, -0.2) is 0 Å². The summed E-state index contributed by atoms with van der Waals surface area (Å²) in [5.41, 5.74) is 4.86. The summed E-state index contributed by atoms with van der Waals surface area (Å²) in [6.45, 7) is 4.43. The Morgan fingerprint density at radius 3 is 1.69 bits per heavy atom. The average Bonchev–Trinajstić information content (AvgIpc) is 3.51. The first-order chi connectivity index (χ1) is 20.7. The zero-order chi connectivity index (χ0) is 27.7. The summed E-state index contributed by atoms with van der Waals surface area (Å²) >= 11 is 0. The summed E-state index contributed by atoms with van der Waals surface area (Å²) in [7, 11) is 0. The zero-order valence-corrected chi connectivity index (χ0v) is 23.4. The van der Waals surface area contributed by atoms with Crippen molar-refractivity contribution < 1.29 is 0 Å². The fourth-order valence-electron chi connectivity index (χ4n) is 8.04. The predicted molar refractivity (Wildman–Crippen MR) is 182 cm³/mol. The van der Waals surface area contributed by atoms with E-state index in [1.165, 1.54) is 103 Å². The molecule has 1 heterocycles. The first-order valence-electron chi connectivity index (χ1n) is 14.7. The molecule has 1 heteroatoms. The van der Waals surface area contributed by atoms with Gasteiger partial charge in [-0.05, 0) is 136 Å². The summed E-state index contributed by atoms with van der Waals surface area (Å²) in [4.78, 5) is 4.97. The summed E-state index contributed by atoms with van der Waals surface area (Å²) in [6.07, 6.45) is 1.93. The summed E-state index contributed by atoms with van der Waals surface area (Å²) in [5.74, 6) is 0. The number of hydrogen-bond donors (Lipinski definition) is 0. The van der Waals surface area contributed by atoms with E-state index in [1.807, 2.05) is 12.3 Å². The first-order valence-corrected chi connectivity index (χ1v) is 14.7. The van der Waals surface area contributed by atoms with Crippen molar-refractivity contribution in [1.82, 2.24) is 4.98 Å². The highest BCUT2D eigenvalue weighted by atomic mass is 14.7. The molecule has 0 aliphatic rings. The second-order valence-corrected chi connectivity index (χ2v) is 12.1. The highest BCUT2D eigenvalue weighted by molar-refractivity contribution is 6.45. The Kier molecular flexibility index (Phi) is 4.12. The van der Waals surface area contributed by atoms with Crippen LogP contribution >= 0.6 is 0 Å². The molecule has 0 saturated heterocycles. The molecule has 0 aliphatic carbocycles. The van der Waals surface area contributed by atoms with Gasteiger partial charge in [-0.1, -0.05) is 78.9 Å². The van der Waals surface area contributed by atoms with E-state index in [-0.39, 0.29) is 0 Å². The number of aromatic nitrogens is 1. The van der Waals surface area contributed by atoms with Crippen LogP contribution in [0.3, 0.4) is 0 Å². The number of benzene rings is 7. The lowest BCUT2D eigenvalue weighted by atomic mass is 9.89. The molecule has 0 amide bonds. The van der Waals surface area contributed by atoms with E-state index in [2.05, 4.69) is 117 Å². The molecule has 1 aromatic heterocycles. The molecule has 0 saturated carbocycles. The molecule has 1 nitrogen and oxygen atoms in total. The molecule has 0 aliphatic heterocycles. The standard InChI is InChI=1S/C41H25N/c1-22-15-25-16-23(2)18-33-30-21-35-31(20-29(30)32(17-22)37(25)33)34-19-24-9-3-4-10-26(24)38-27-11-5-6-12-28(27)40(41(34)38)39(35)36-13-7-8-14-42-36/h3-21H,1-2H3. The molecule has 9 aromatic carbocycles. The third-order valence-corrected chi connectivity index (χ3v) is 9.57. The van der Waals surface area contributed by atoms with E-state index in [4.69, 9.17) is 4.98 Å². The van der Waals surface area contributed by atoms with Crippen LogP contribution in [-0.4, -0.2) is 4.98 Å². The lowest BCUT2D eigenvalue weighted by Gasteiger charge is -2.15. The van der Waals surface area contributed by atoms with Crippen LogP contribution in [0.4, 0.5) is 0 Å². The molecule has 0 atom stereocenters. The van der Waals surface area contributed by atoms with Gasteiger partial charge in [-0.2, -0.15) is 0 Å². The van der Waals surface area contributed by atoms with Crippen LogP contribution in [0.2, 0.25) is 0 Å². The monoisotopic (exact) mass is 531 g/mol. The Morgan fingerprint density at radius 2 is 0.976 bits per heavy atom. The van der Waals surface area contributed by atoms with E-state index in [0.29, 0.717) is 0 Å². The van der Waals surface area contributed by atoms with E-state index >= 15 is 0 Å². The number of fused-ring (bicyclic) bond motifs is 10. The maximum Gasteiger partial charge on any atom is 0.0714 e. The van der Waals surface area contributed by atoms with Crippen molar-refractivity contribution in [2.24, 2.45) is 0 Å². The molecule has 0 radical (unpaired) electrons. The van der Waals surface area contributed by atoms with Crippen LogP contribution in [0.25, 0.3) is 97.4 Å². The number of nitrogens with zero attached hydrogens (tertiary/aromatic N) is 1. The van der Waals surface area contributed by atoms with Crippen molar-refractivity contribution in [3.63, 3.8) is 0 Å². The molecular formula is C41H25N. The third kappa shape index (κ3) is 2.71. The van der Waals surface area contributed by atoms with Crippen LogP contribution in [-0.2, 0) is 0 Å². The Labute approximate surface area is 242 Å². The molecule has 0 spiro atoms. The summed E-state index contributed by atoms with van der Waals surface area (Å²) in [5, 5.41) is 21.2. The normalized spacial score (nSPS) is 12.5. The number of rotatable bonds is 1. The Bertz CT molecular complexity index is 2730. The number of pyridine rings is 1. The SMILES string of the molecule is Cc1cc2cc(C)cc3c4cc5c(cc4c(c1)c23)c(-c1ccccn1)c1c2ccccc2c2c3ccccc3cc5c12. The van der Waals surface area contributed by atoms with Gasteiger partial charge in [-0.3, -0.25) is 4.98 Å². The van der Waals surface area contributed by atoms with Gasteiger partial charge < -0.3 is 0 Å². The molecular weight excluding hydrogens is 506 g/mol. The highest BCUT2D eigenvalue weighted by Gasteiger charge is 2.24. The maximum absolute atomic E-state index is 4.97. The van der Waals surface area contributed by atoms with Gasteiger partial charge in [0.15, 0.2) is 0 Å². The van der Waals surface area contributed by atoms with Crippen molar-refractivity contribution in [3.05, 3.63) is 127 Å². The van der Waals surface area contributed by atoms with E-state index < -0.39 is 0 Å². The second kappa shape index (κ2) is 7.72. The minimum atomic E-state index is 1.02. The Hall–Kier alpha value is -5.27. The molecule has 10 aromatic rings. The summed E-state index contributed by atoms with van der Waals surface area (Å²) in [6, 6.07) is 40.9. The van der Waals surface area contributed by atoms with Crippen molar-refractivity contribution in [1.29, 1.82) is 0 Å². The van der Waals surface area contributed by atoms with Gasteiger partial charge in [0.2, 0.25) is 0 Å². The fraction of sp³-hybridized carbons (Fsp3) is 0.0488. The molecule has 0 unspecified atom stereocenters. The highest BCUT2D eigenvalue weighted by Crippen LogP contribution is 2.51. The van der Waals surface area contributed by atoms with Crippen molar-refractivity contribution in [2.45, 2.75) is 13.8 Å². The first kappa shape index (κ1) is 22.4. The van der Waals surface area contributed by atoms with Crippen LogP contribution in [0.15, 0.2) is 115 Å². The smallest absolute Gasteiger partial charge is 0.0714 e. The minimum absolute atomic E-state index is 1.02. The molecule has 0 N–H and O–H groups in total. The van der Waals surface area contributed by atoms with E-state index in [9.17, 15) is 0 Å². The van der Waals surface area contributed by atoms with Crippen LogP contribution in [0.1, 0.15) is 11.1 Å². The van der Waals surface area contributed by atoms with Crippen LogP contribution in [0.5, 0.6) is 0 Å². The topological polar surface area (TPSA) is 12.9 Å².